The first kappa shape index (κ1) is 17.6. The number of fused-ring (bicyclic) bond motifs is 1. The Morgan fingerprint density at radius 1 is 1.38 bits per heavy atom. The van der Waals surface area contributed by atoms with E-state index in [0.29, 0.717) is 11.1 Å². The van der Waals surface area contributed by atoms with E-state index in [-0.39, 0.29) is 11.6 Å². The van der Waals surface area contributed by atoms with Crippen LogP contribution in [0.25, 0.3) is 11.0 Å². The molecule has 6 nitrogen and oxygen atoms in total. The van der Waals surface area contributed by atoms with Crippen LogP contribution in [0.15, 0.2) is 18.3 Å². The van der Waals surface area contributed by atoms with Crippen molar-refractivity contribution < 1.29 is 9.53 Å². The van der Waals surface area contributed by atoms with E-state index >= 15 is 0 Å². The highest BCUT2D eigenvalue weighted by atomic mass is 35.5. The normalized spacial score (nSPS) is 22.0. The van der Waals surface area contributed by atoms with Crippen LogP contribution >= 0.6 is 11.6 Å². The lowest BCUT2D eigenvalue weighted by Gasteiger charge is -2.40. The van der Waals surface area contributed by atoms with E-state index in [1.54, 1.807) is 0 Å². The zero-order valence-corrected chi connectivity index (χ0v) is 16.3. The fourth-order valence-electron chi connectivity index (χ4n) is 4.06. The van der Waals surface area contributed by atoms with Crippen molar-refractivity contribution in [2.45, 2.75) is 64.1 Å². The van der Waals surface area contributed by atoms with Crippen LogP contribution in [0.1, 0.15) is 46.5 Å². The van der Waals surface area contributed by atoms with Crippen LogP contribution in [-0.4, -0.2) is 43.4 Å². The maximum Gasteiger partial charge on any atom is 0.410 e. The number of likely N-dealkylation sites (tertiary alicyclic amines) is 1. The number of aromatic nitrogens is 3. The number of hydrogen-bond acceptors (Lipinski definition) is 4. The summed E-state index contributed by atoms with van der Waals surface area (Å²) in [5.41, 5.74) is 0.422. The van der Waals surface area contributed by atoms with Gasteiger partial charge in [0, 0.05) is 30.2 Å². The van der Waals surface area contributed by atoms with E-state index in [2.05, 4.69) is 21.0 Å². The molecule has 0 aromatic carbocycles. The van der Waals surface area contributed by atoms with Crippen LogP contribution in [0.3, 0.4) is 0 Å². The van der Waals surface area contributed by atoms with Crippen molar-refractivity contribution in [3.05, 3.63) is 23.5 Å². The maximum atomic E-state index is 12.6. The van der Waals surface area contributed by atoms with Gasteiger partial charge in [-0.2, -0.15) is 0 Å². The number of nitrogens with zero attached hydrogens (tertiary/aromatic N) is 4. The van der Waals surface area contributed by atoms with Gasteiger partial charge in [0.2, 0.25) is 0 Å². The minimum absolute atomic E-state index is 0.00317. The number of piperidine rings is 1. The van der Waals surface area contributed by atoms with E-state index in [0.717, 1.165) is 49.8 Å². The third-order valence-electron chi connectivity index (χ3n) is 5.38. The van der Waals surface area contributed by atoms with Gasteiger partial charge in [0.25, 0.3) is 0 Å². The summed E-state index contributed by atoms with van der Waals surface area (Å²) in [6.07, 6.45) is 6.03. The summed E-state index contributed by atoms with van der Waals surface area (Å²) < 4.78 is 7.77. The van der Waals surface area contributed by atoms with Crippen LogP contribution in [0.4, 0.5) is 4.79 Å². The van der Waals surface area contributed by atoms with Gasteiger partial charge in [-0.3, -0.25) is 0 Å². The van der Waals surface area contributed by atoms with E-state index in [1.807, 2.05) is 37.8 Å². The minimum atomic E-state index is -0.450. The van der Waals surface area contributed by atoms with Gasteiger partial charge in [0.15, 0.2) is 10.8 Å². The molecule has 3 heterocycles. The molecular weight excluding hydrogens is 352 g/mol. The second kappa shape index (κ2) is 6.12. The Morgan fingerprint density at radius 3 is 2.85 bits per heavy atom. The summed E-state index contributed by atoms with van der Waals surface area (Å²) in [6.45, 7) is 7.41. The quantitative estimate of drug-likeness (QED) is 0.785. The van der Waals surface area contributed by atoms with Crippen molar-refractivity contribution in [1.82, 2.24) is 19.7 Å². The lowest BCUT2D eigenvalue weighted by molar-refractivity contribution is -0.00122. The number of halogens is 1. The average Bonchev–Trinajstić information content (AvgIpc) is 3.18. The topological polar surface area (TPSA) is 60.2 Å². The Hall–Kier alpha value is -1.82. The number of amides is 1. The standard InChI is InChI=1S/C19H25ClN4O2/c1-18(2,3)26-17(25)24-9-4-13(11-19(24)6-7-19)12-23-8-5-14-10-15(20)21-22-16(14)23/h5,8,10,13H,4,6-7,9,11-12H2,1-3H3. The van der Waals surface area contributed by atoms with Crippen LogP contribution in [0.2, 0.25) is 5.15 Å². The van der Waals surface area contributed by atoms with Gasteiger partial charge in [0.1, 0.15) is 5.60 Å². The van der Waals surface area contributed by atoms with E-state index in [4.69, 9.17) is 16.3 Å². The molecule has 140 valence electrons. The van der Waals surface area contributed by atoms with Gasteiger partial charge in [0.05, 0.1) is 0 Å². The van der Waals surface area contributed by atoms with Crippen molar-refractivity contribution in [1.29, 1.82) is 0 Å². The van der Waals surface area contributed by atoms with Crippen LogP contribution in [-0.2, 0) is 11.3 Å². The fourth-order valence-corrected chi connectivity index (χ4v) is 4.22. The highest BCUT2D eigenvalue weighted by molar-refractivity contribution is 6.29. The molecular formula is C19H25ClN4O2. The molecule has 1 aliphatic heterocycles. The minimum Gasteiger partial charge on any atom is -0.444 e. The molecule has 2 aromatic rings. The molecule has 0 bridgehead atoms. The lowest BCUT2D eigenvalue weighted by atomic mass is 9.89. The third kappa shape index (κ3) is 3.39. The number of rotatable bonds is 2. The molecule has 2 aromatic heterocycles. The number of hydrogen-bond donors (Lipinski definition) is 0. The van der Waals surface area contributed by atoms with Gasteiger partial charge in [-0.25, -0.2) is 4.79 Å². The monoisotopic (exact) mass is 376 g/mol. The molecule has 26 heavy (non-hydrogen) atoms. The Labute approximate surface area is 158 Å². The zero-order chi connectivity index (χ0) is 18.5. The zero-order valence-electron chi connectivity index (χ0n) is 15.5. The van der Waals surface area contributed by atoms with Gasteiger partial charge in [-0.15, -0.1) is 10.2 Å². The Morgan fingerprint density at radius 2 is 2.15 bits per heavy atom. The number of ether oxygens (including phenoxy) is 1. The molecule has 7 heteroatoms. The predicted octanol–water partition coefficient (Wildman–Crippen LogP) is 4.26. The predicted molar refractivity (Wildman–Crippen MR) is 100 cm³/mol. The molecule has 2 aliphatic rings. The molecule has 2 fully saturated rings. The summed E-state index contributed by atoms with van der Waals surface area (Å²) >= 11 is 5.92. The Balaban J connectivity index is 1.46. The molecule has 1 saturated heterocycles. The first-order valence-electron chi connectivity index (χ1n) is 9.24. The lowest BCUT2D eigenvalue weighted by Crippen LogP contribution is -2.50. The SMILES string of the molecule is CC(C)(C)OC(=O)N1CCC(Cn2ccc3cc(Cl)nnc32)CC12CC2. The Bertz CT molecular complexity index is 838. The van der Waals surface area contributed by atoms with Crippen LogP contribution < -0.4 is 0 Å². The van der Waals surface area contributed by atoms with E-state index in [9.17, 15) is 4.79 Å². The fraction of sp³-hybridized carbons (Fsp3) is 0.632. The van der Waals surface area contributed by atoms with Crippen LogP contribution in [0, 0.1) is 5.92 Å². The van der Waals surface area contributed by atoms with Crippen LogP contribution in [0.5, 0.6) is 0 Å². The van der Waals surface area contributed by atoms with E-state index in [1.165, 1.54) is 0 Å². The van der Waals surface area contributed by atoms with Crippen molar-refractivity contribution in [2.24, 2.45) is 5.92 Å². The van der Waals surface area contributed by atoms with Crippen molar-refractivity contribution in [2.75, 3.05) is 6.54 Å². The second-order valence-electron chi connectivity index (χ2n) is 8.63. The Kier molecular flexibility index (Phi) is 4.14. The summed E-state index contributed by atoms with van der Waals surface area (Å²) in [5, 5.41) is 9.63. The smallest absolute Gasteiger partial charge is 0.410 e. The molecule has 1 spiro atoms. The van der Waals surface area contributed by atoms with Crippen molar-refractivity contribution >= 4 is 28.7 Å². The number of carbonyl (C=O) groups excluding carboxylic acids is 1. The van der Waals surface area contributed by atoms with Gasteiger partial charge >= 0.3 is 6.09 Å². The third-order valence-corrected chi connectivity index (χ3v) is 5.56. The second-order valence-corrected chi connectivity index (χ2v) is 9.02. The molecule has 1 atom stereocenters. The molecule has 1 aliphatic carbocycles. The molecule has 4 rings (SSSR count). The van der Waals surface area contributed by atoms with Crippen molar-refractivity contribution in [3.8, 4) is 0 Å². The first-order chi connectivity index (χ1) is 12.3. The summed E-state index contributed by atoms with van der Waals surface area (Å²) in [6, 6.07) is 3.87. The number of carbonyl (C=O) groups is 1. The molecule has 1 amide bonds. The van der Waals surface area contributed by atoms with Gasteiger partial charge in [-0.1, -0.05) is 11.6 Å². The molecule has 0 radical (unpaired) electrons. The van der Waals surface area contributed by atoms with Gasteiger partial charge in [-0.05, 0) is 64.5 Å². The van der Waals surface area contributed by atoms with Crippen molar-refractivity contribution in [3.63, 3.8) is 0 Å². The molecule has 1 unspecified atom stereocenters. The summed E-state index contributed by atoms with van der Waals surface area (Å²) in [5.74, 6) is 0.518. The largest absolute Gasteiger partial charge is 0.444 e. The van der Waals surface area contributed by atoms with E-state index < -0.39 is 5.60 Å². The highest BCUT2D eigenvalue weighted by Crippen LogP contribution is 2.50. The molecule has 1 saturated carbocycles. The molecule has 0 N–H and O–H groups in total. The summed E-state index contributed by atoms with van der Waals surface area (Å²) in [7, 11) is 0. The summed E-state index contributed by atoms with van der Waals surface area (Å²) in [4.78, 5) is 14.5. The van der Waals surface area contributed by atoms with Gasteiger partial charge < -0.3 is 14.2 Å². The maximum absolute atomic E-state index is 12.6. The highest BCUT2D eigenvalue weighted by Gasteiger charge is 2.54. The average molecular weight is 377 g/mol. The first-order valence-corrected chi connectivity index (χ1v) is 9.62.